The summed E-state index contributed by atoms with van der Waals surface area (Å²) in [5.74, 6) is -0.875. The van der Waals surface area contributed by atoms with E-state index in [-0.39, 0.29) is 32.6 Å². The standard InChI is InChI=1S/C51H96NO8P/c1-3-5-7-9-11-13-15-17-19-21-22-23-24-25-26-28-29-31-33-35-37-39-41-43-50(53)57-47-49(48-59-61(55,56)58-46-45-52)60-51(54)44-42-40-38-36-34-32-30-27-20-18-16-14-12-10-8-6-4-2/h18,20,28-29,35,37,49H,3-17,19,21-27,30-34,36,38-48,52H2,1-2H3,(H,55,56)/b20-18+,29-28+,37-35+/t49-/m0/s1. The van der Waals surface area contributed by atoms with Gasteiger partial charge in [-0.3, -0.25) is 18.6 Å². The van der Waals surface area contributed by atoms with Gasteiger partial charge in [0.25, 0.3) is 0 Å². The maximum Gasteiger partial charge on any atom is 0.472 e. The fourth-order valence-corrected chi connectivity index (χ4v) is 7.95. The second-order valence-corrected chi connectivity index (χ2v) is 18.5. The molecule has 0 bridgehead atoms. The number of phosphoric acid groups is 1. The van der Waals surface area contributed by atoms with E-state index in [0.29, 0.717) is 12.8 Å². The molecule has 358 valence electrons. The molecule has 0 amide bonds. The summed E-state index contributed by atoms with van der Waals surface area (Å²) in [5, 5.41) is 0. The van der Waals surface area contributed by atoms with Crippen molar-refractivity contribution in [3.8, 4) is 0 Å². The van der Waals surface area contributed by atoms with Crippen LogP contribution < -0.4 is 5.73 Å². The molecular formula is C51H96NO8P. The van der Waals surface area contributed by atoms with E-state index in [0.717, 1.165) is 51.4 Å². The molecule has 0 aromatic heterocycles. The number of carbonyl (C=O) groups excluding carboxylic acids is 2. The van der Waals surface area contributed by atoms with E-state index in [1.54, 1.807) is 0 Å². The van der Waals surface area contributed by atoms with Gasteiger partial charge < -0.3 is 20.1 Å². The number of rotatable bonds is 48. The number of esters is 2. The van der Waals surface area contributed by atoms with Crippen molar-refractivity contribution in [2.24, 2.45) is 5.73 Å². The minimum Gasteiger partial charge on any atom is -0.462 e. The predicted molar refractivity (Wildman–Crippen MR) is 257 cm³/mol. The molecule has 0 aliphatic rings. The molecule has 9 nitrogen and oxygen atoms in total. The Hall–Kier alpha value is -1.77. The molecule has 0 aliphatic heterocycles. The third kappa shape index (κ3) is 47.5. The van der Waals surface area contributed by atoms with E-state index in [2.05, 4.69) is 50.3 Å². The van der Waals surface area contributed by atoms with Gasteiger partial charge in [0.15, 0.2) is 6.10 Å². The largest absolute Gasteiger partial charge is 0.472 e. The second-order valence-electron chi connectivity index (χ2n) is 17.0. The van der Waals surface area contributed by atoms with E-state index >= 15 is 0 Å². The van der Waals surface area contributed by atoms with E-state index in [4.69, 9.17) is 24.3 Å². The molecule has 61 heavy (non-hydrogen) atoms. The Morgan fingerprint density at radius 2 is 0.836 bits per heavy atom. The normalized spacial score (nSPS) is 13.4. The summed E-state index contributed by atoms with van der Waals surface area (Å²) in [6, 6.07) is 0. The van der Waals surface area contributed by atoms with Gasteiger partial charge in [-0.2, -0.15) is 0 Å². The van der Waals surface area contributed by atoms with Gasteiger partial charge in [-0.25, -0.2) is 4.57 Å². The highest BCUT2D eigenvalue weighted by atomic mass is 31.2. The highest BCUT2D eigenvalue weighted by Gasteiger charge is 2.26. The lowest BCUT2D eigenvalue weighted by Gasteiger charge is -2.19. The van der Waals surface area contributed by atoms with E-state index in [9.17, 15) is 19.0 Å². The highest BCUT2D eigenvalue weighted by Crippen LogP contribution is 2.43. The predicted octanol–water partition coefficient (Wildman–Crippen LogP) is 15.3. The van der Waals surface area contributed by atoms with Gasteiger partial charge in [0.2, 0.25) is 0 Å². The highest BCUT2D eigenvalue weighted by molar-refractivity contribution is 7.47. The van der Waals surface area contributed by atoms with Crippen molar-refractivity contribution < 1.29 is 37.6 Å². The number of unbranched alkanes of at least 4 members (excludes halogenated alkanes) is 29. The van der Waals surface area contributed by atoms with Crippen molar-refractivity contribution in [1.29, 1.82) is 0 Å². The molecule has 10 heteroatoms. The number of nitrogens with two attached hydrogens (primary N) is 1. The Kier molecular flexibility index (Phi) is 46.3. The molecule has 0 radical (unpaired) electrons. The summed E-state index contributed by atoms with van der Waals surface area (Å²) in [6.07, 6.45) is 54.8. The van der Waals surface area contributed by atoms with Crippen LogP contribution in [0.1, 0.15) is 245 Å². The van der Waals surface area contributed by atoms with Crippen molar-refractivity contribution in [1.82, 2.24) is 0 Å². The first-order valence-electron chi connectivity index (χ1n) is 25.5. The number of ether oxygens (including phenoxy) is 2. The quantitative estimate of drug-likeness (QED) is 0.0265. The monoisotopic (exact) mass is 882 g/mol. The molecule has 0 aromatic carbocycles. The minimum absolute atomic E-state index is 0.0481. The van der Waals surface area contributed by atoms with Crippen molar-refractivity contribution >= 4 is 19.8 Å². The summed E-state index contributed by atoms with van der Waals surface area (Å²) in [6.45, 7) is 3.72. The number of allylic oxidation sites excluding steroid dienone is 6. The maximum atomic E-state index is 12.6. The minimum atomic E-state index is -4.39. The van der Waals surface area contributed by atoms with Crippen LogP contribution in [0.5, 0.6) is 0 Å². The van der Waals surface area contributed by atoms with Crippen LogP contribution in [0.4, 0.5) is 0 Å². The smallest absolute Gasteiger partial charge is 0.462 e. The van der Waals surface area contributed by atoms with Crippen molar-refractivity contribution in [2.75, 3.05) is 26.4 Å². The Bertz CT molecular complexity index is 1100. The summed E-state index contributed by atoms with van der Waals surface area (Å²) < 4.78 is 32.9. The first-order valence-corrected chi connectivity index (χ1v) is 27.0. The Morgan fingerprint density at radius 1 is 0.475 bits per heavy atom. The van der Waals surface area contributed by atoms with Gasteiger partial charge in [0.05, 0.1) is 13.2 Å². The van der Waals surface area contributed by atoms with Crippen LogP contribution in [0.2, 0.25) is 0 Å². The van der Waals surface area contributed by atoms with Crippen molar-refractivity contribution in [3.63, 3.8) is 0 Å². The molecule has 0 aliphatic carbocycles. The second kappa shape index (κ2) is 47.7. The molecule has 0 spiro atoms. The molecule has 0 heterocycles. The van der Waals surface area contributed by atoms with Crippen LogP contribution in [0.3, 0.4) is 0 Å². The van der Waals surface area contributed by atoms with Crippen LogP contribution in [0.15, 0.2) is 36.5 Å². The summed E-state index contributed by atoms with van der Waals surface area (Å²) >= 11 is 0. The third-order valence-corrected chi connectivity index (χ3v) is 12.0. The molecule has 0 rings (SSSR count). The van der Waals surface area contributed by atoms with Gasteiger partial charge >= 0.3 is 19.8 Å². The van der Waals surface area contributed by atoms with Crippen molar-refractivity contribution in [2.45, 2.75) is 251 Å². The van der Waals surface area contributed by atoms with Gasteiger partial charge in [-0.1, -0.05) is 198 Å². The lowest BCUT2D eigenvalue weighted by Crippen LogP contribution is -2.29. The maximum absolute atomic E-state index is 12.6. The van der Waals surface area contributed by atoms with Crippen LogP contribution in [-0.4, -0.2) is 49.3 Å². The van der Waals surface area contributed by atoms with Crippen LogP contribution in [0, 0.1) is 0 Å². The molecule has 0 aromatic rings. The summed E-state index contributed by atoms with van der Waals surface area (Å²) in [4.78, 5) is 35.0. The van der Waals surface area contributed by atoms with Crippen LogP contribution in [-0.2, 0) is 32.7 Å². The van der Waals surface area contributed by atoms with Gasteiger partial charge in [0, 0.05) is 19.4 Å². The number of hydrogen-bond donors (Lipinski definition) is 2. The van der Waals surface area contributed by atoms with E-state index in [1.165, 1.54) is 154 Å². The Labute approximate surface area is 375 Å². The number of phosphoric ester groups is 1. The van der Waals surface area contributed by atoms with Crippen LogP contribution in [0.25, 0.3) is 0 Å². The molecule has 2 atom stereocenters. The fraction of sp³-hybridized carbons (Fsp3) is 0.843. The first kappa shape index (κ1) is 59.2. The fourth-order valence-electron chi connectivity index (χ4n) is 7.18. The average molecular weight is 882 g/mol. The van der Waals surface area contributed by atoms with Gasteiger partial charge in [-0.15, -0.1) is 0 Å². The molecular weight excluding hydrogens is 786 g/mol. The van der Waals surface area contributed by atoms with Crippen molar-refractivity contribution in [3.05, 3.63) is 36.5 Å². The lowest BCUT2D eigenvalue weighted by molar-refractivity contribution is -0.161. The number of hydrogen-bond acceptors (Lipinski definition) is 8. The lowest BCUT2D eigenvalue weighted by atomic mass is 10.0. The SMILES string of the molecule is CCCCCCCC/C=C/CCCCCCCCCC(=O)O[C@@H](COC(=O)CCC/C=C/CC/C=C/CCCCCCCCCCCCCCCC)COP(=O)(O)OCCN. The zero-order valence-corrected chi connectivity index (χ0v) is 40.5. The zero-order valence-electron chi connectivity index (χ0n) is 39.7. The summed E-state index contributed by atoms with van der Waals surface area (Å²) in [5.41, 5.74) is 5.36. The summed E-state index contributed by atoms with van der Waals surface area (Å²) in [7, 11) is -4.39. The molecule has 1 unspecified atom stereocenters. The van der Waals surface area contributed by atoms with Gasteiger partial charge in [0.1, 0.15) is 6.61 Å². The zero-order chi connectivity index (χ0) is 44.6. The molecule has 3 N–H and O–H groups in total. The topological polar surface area (TPSA) is 134 Å². The number of carbonyl (C=O) groups is 2. The van der Waals surface area contributed by atoms with E-state index in [1.807, 2.05) is 0 Å². The first-order chi connectivity index (χ1) is 29.8. The van der Waals surface area contributed by atoms with E-state index < -0.39 is 32.5 Å². The molecule has 0 saturated carbocycles. The Morgan fingerprint density at radius 3 is 1.26 bits per heavy atom. The third-order valence-electron chi connectivity index (χ3n) is 11.0. The van der Waals surface area contributed by atoms with Crippen LogP contribution >= 0.6 is 7.82 Å². The average Bonchev–Trinajstić information content (AvgIpc) is 3.25. The molecule has 0 saturated heterocycles. The van der Waals surface area contributed by atoms with Gasteiger partial charge in [-0.05, 0) is 70.6 Å². The Balaban J connectivity index is 4.09. The molecule has 0 fully saturated rings.